The van der Waals surface area contributed by atoms with Gasteiger partial charge in [-0.25, -0.2) is 13.9 Å². The highest BCUT2D eigenvalue weighted by Crippen LogP contribution is 2.19. The van der Waals surface area contributed by atoms with Crippen LogP contribution in [-0.4, -0.2) is 40.2 Å². The van der Waals surface area contributed by atoms with E-state index in [1.54, 1.807) is 24.3 Å². The van der Waals surface area contributed by atoms with Crippen LogP contribution in [0.1, 0.15) is 22.5 Å². The predicted molar refractivity (Wildman–Crippen MR) is 116 cm³/mol. The number of para-hydroxylation sites is 1. The van der Waals surface area contributed by atoms with Crippen LogP contribution in [0.25, 0.3) is 11.8 Å². The number of aryl methyl sites for hydroxylation is 1. The zero-order chi connectivity index (χ0) is 22.4. The smallest absolute Gasteiger partial charge is 0.331 e. The first kappa shape index (κ1) is 22.0. The van der Waals surface area contributed by atoms with E-state index < -0.39 is 18.5 Å². The number of carbonyl (C=O) groups is 2. The van der Waals surface area contributed by atoms with E-state index in [9.17, 15) is 14.0 Å². The van der Waals surface area contributed by atoms with Gasteiger partial charge in [-0.15, -0.1) is 0 Å². The first-order chi connectivity index (χ1) is 14.9. The minimum absolute atomic E-state index is 0.0932. The highest BCUT2D eigenvalue weighted by molar-refractivity contribution is 5.89. The summed E-state index contributed by atoms with van der Waals surface area (Å²) in [6.45, 7) is 3.45. The largest absolute Gasteiger partial charge is 0.452 e. The number of amides is 1. The number of halogens is 1. The van der Waals surface area contributed by atoms with E-state index in [0.29, 0.717) is 5.56 Å². The van der Waals surface area contributed by atoms with Crippen molar-refractivity contribution in [3.05, 3.63) is 89.0 Å². The van der Waals surface area contributed by atoms with Gasteiger partial charge in [0.2, 0.25) is 0 Å². The Morgan fingerprint density at radius 1 is 1.10 bits per heavy atom. The summed E-state index contributed by atoms with van der Waals surface area (Å²) in [6.07, 6.45) is 2.91. The molecule has 1 heterocycles. The normalized spacial score (nSPS) is 11.0. The monoisotopic (exact) mass is 421 g/mol. The summed E-state index contributed by atoms with van der Waals surface area (Å²) in [5, 5.41) is 4.52. The Kier molecular flexibility index (Phi) is 6.97. The number of hydrogen-bond acceptors (Lipinski definition) is 4. The molecule has 2 aromatic carbocycles. The van der Waals surface area contributed by atoms with E-state index in [1.807, 2.05) is 48.9 Å². The van der Waals surface area contributed by atoms with E-state index >= 15 is 0 Å². The Labute approximate surface area is 180 Å². The zero-order valence-corrected chi connectivity index (χ0v) is 17.7. The fourth-order valence-corrected chi connectivity index (χ4v) is 3.13. The van der Waals surface area contributed by atoms with Crippen LogP contribution >= 0.6 is 0 Å². The van der Waals surface area contributed by atoms with Crippen molar-refractivity contribution < 1.29 is 18.7 Å². The minimum Gasteiger partial charge on any atom is -0.452 e. The molecular weight excluding hydrogens is 397 g/mol. The van der Waals surface area contributed by atoms with Gasteiger partial charge in [-0.1, -0.05) is 36.4 Å². The summed E-state index contributed by atoms with van der Waals surface area (Å²) in [5.74, 6) is -1.45. The van der Waals surface area contributed by atoms with Gasteiger partial charge in [0.25, 0.3) is 5.91 Å². The number of ether oxygens (including phenoxy) is 1. The lowest BCUT2D eigenvalue weighted by atomic mass is 10.2. The molecule has 0 fully saturated rings. The third-order valence-corrected chi connectivity index (χ3v) is 4.86. The van der Waals surface area contributed by atoms with Crippen molar-refractivity contribution in [1.82, 2.24) is 14.7 Å². The molecule has 3 rings (SSSR count). The third-order valence-electron chi connectivity index (χ3n) is 4.86. The Hall–Kier alpha value is -3.74. The molecule has 7 heteroatoms. The van der Waals surface area contributed by atoms with Crippen molar-refractivity contribution in [2.75, 3.05) is 13.7 Å². The van der Waals surface area contributed by atoms with E-state index in [1.165, 1.54) is 24.1 Å². The van der Waals surface area contributed by atoms with Gasteiger partial charge < -0.3 is 9.64 Å². The molecule has 0 aliphatic carbocycles. The SMILES string of the molecule is Cc1nn(-c2ccccc2)c(C)c1/C=C/C(=O)OCC(=O)N(C)Cc1ccccc1F. The molecule has 0 atom stereocenters. The van der Waals surface area contributed by atoms with Gasteiger partial charge in [0.05, 0.1) is 11.4 Å². The second-order valence-electron chi connectivity index (χ2n) is 7.11. The maximum Gasteiger partial charge on any atom is 0.331 e. The van der Waals surface area contributed by atoms with Crippen molar-refractivity contribution in [2.24, 2.45) is 0 Å². The molecule has 0 spiro atoms. The minimum atomic E-state index is -0.640. The van der Waals surface area contributed by atoms with Gasteiger partial charge >= 0.3 is 5.97 Å². The molecule has 6 nitrogen and oxygen atoms in total. The Morgan fingerprint density at radius 3 is 2.48 bits per heavy atom. The lowest BCUT2D eigenvalue weighted by molar-refractivity contribution is -0.147. The second-order valence-corrected chi connectivity index (χ2v) is 7.11. The number of nitrogens with zero attached hydrogens (tertiary/aromatic N) is 3. The van der Waals surface area contributed by atoms with Crippen LogP contribution in [0.3, 0.4) is 0 Å². The number of carbonyl (C=O) groups excluding carboxylic acids is 2. The number of aromatic nitrogens is 2. The number of hydrogen-bond donors (Lipinski definition) is 0. The average molecular weight is 421 g/mol. The van der Waals surface area contributed by atoms with Crippen LogP contribution in [0, 0.1) is 19.7 Å². The van der Waals surface area contributed by atoms with Gasteiger partial charge in [0, 0.05) is 36.5 Å². The summed E-state index contributed by atoms with van der Waals surface area (Å²) in [7, 11) is 1.53. The van der Waals surface area contributed by atoms with E-state index in [2.05, 4.69) is 5.10 Å². The lowest BCUT2D eigenvalue weighted by Gasteiger charge is -2.17. The molecule has 0 aliphatic heterocycles. The molecule has 1 amide bonds. The molecule has 0 radical (unpaired) electrons. The predicted octanol–water partition coefficient (Wildman–Crippen LogP) is 3.84. The number of rotatable bonds is 7. The molecule has 0 bridgehead atoms. The summed E-state index contributed by atoms with van der Waals surface area (Å²) in [5.41, 5.74) is 3.78. The van der Waals surface area contributed by atoms with Gasteiger partial charge in [0.15, 0.2) is 6.61 Å². The van der Waals surface area contributed by atoms with Crippen molar-refractivity contribution in [2.45, 2.75) is 20.4 Å². The van der Waals surface area contributed by atoms with Crippen molar-refractivity contribution >= 4 is 18.0 Å². The standard InChI is InChI=1S/C24H24FN3O3/c1-17-21(18(2)28(26-17)20-10-5-4-6-11-20)13-14-24(30)31-16-23(29)27(3)15-19-9-7-8-12-22(19)25/h4-14H,15-16H2,1-3H3/b14-13+. The van der Waals surface area contributed by atoms with Crippen molar-refractivity contribution in [1.29, 1.82) is 0 Å². The van der Waals surface area contributed by atoms with Gasteiger partial charge in [0.1, 0.15) is 5.82 Å². The van der Waals surface area contributed by atoms with Crippen LogP contribution < -0.4 is 0 Å². The maximum atomic E-state index is 13.7. The maximum absolute atomic E-state index is 13.7. The quantitative estimate of drug-likeness (QED) is 0.430. The first-order valence-electron chi connectivity index (χ1n) is 9.80. The molecule has 160 valence electrons. The highest BCUT2D eigenvalue weighted by atomic mass is 19.1. The van der Waals surface area contributed by atoms with Crippen LogP contribution in [0.5, 0.6) is 0 Å². The van der Waals surface area contributed by atoms with Crippen LogP contribution in [0.15, 0.2) is 60.7 Å². The molecule has 0 saturated heterocycles. The first-order valence-corrected chi connectivity index (χ1v) is 9.80. The molecule has 31 heavy (non-hydrogen) atoms. The van der Waals surface area contributed by atoms with E-state index in [0.717, 1.165) is 22.6 Å². The zero-order valence-electron chi connectivity index (χ0n) is 17.7. The Bertz CT molecular complexity index is 1110. The van der Waals surface area contributed by atoms with Crippen LogP contribution in [-0.2, 0) is 20.9 Å². The number of benzene rings is 2. The fourth-order valence-electron chi connectivity index (χ4n) is 3.13. The summed E-state index contributed by atoms with van der Waals surface area (Å²) < 4.78 is 20.6. The molecule has 1 aromatic heterocycles. The van der Waals surface area contributed by atoms with Crippen molar-refractivity contribution in [3.63, 3.8) is 0 Å². The molecule has 0 unspecified atom stereocenters. The van der Waals surface area contributed by atoms with E-state index in [-0.39, 0.29) is 12.4 Å². The topological polar surface area (TPSA) is 64.4 Å². The molecule has 3 aromatic rings. The Morgan fingerprint density at radius 2 is 1.77 bits per heavy atom. The van der Waals surface area contributed by atoms with Gasteiger partial charge in [-0.05, 0) is 38.1 Å². The summed E-state index contributed by atoms with van der Waals surface area (Å²) in [4.78, 5) is 25.6. The molecule has 0 N–H and O–H groups in total. The molecular formula is C24H24FN3O3. The van der Waals surface area contributed by atoms with Crippen LogP contribution in [0.4, 0.5) is 4.39 Å². The van der Waals surface area contributed by atoms with Crippen LogP contribution in [0.2, 0.25) is 0 Å². The number of likely N-dealkylation sites (N-methyl/N-ethyl adjacent to an activating group) is 1. The van der Waals surface area contributed by atoms with Crippen molar-refractivity contribution in [3.8, 4) is 5.69 Å². The van der Waals surface area contributed by atoms with Gasteiger partial charge in [-0.3, -0.25) is 4.79 Å². The second kappa shape index (κ2) is 9.84. The van der Waals surface area contributed by atoms with Gasteiger partial charge in [-0.2, -0.15) is 5.10 Å². The highest BCUT2D eigenvalue weighted by Gasteiger charge is 2.14. The Balaban J connectivity index is 1.58. The fraction of sp³-hybridized carbons (Fsp3) is 0.208. The summed E-state index contributed by atoms with van der Waals surface area (Å²) in [6, 6.07) is 15.9. The molecule has 0 saturated carbocycles. The molecule has 0 aliphatic rings. The third kappa shape index (κ3) is 5.45. The lowest BCUT2D eigenvalue weighted by Crippen LogP contribution is -2.30. The number of esters is 1. The summed E-state index contributed by atoms with van der Waals surface area (Å²) >= 11 is 0. The van der Waals surface area contributed by atoms with E-state index in [4.69, 9.17) is 4.74 Å². The average Bonchev–Trinajstić information content (AvgIpc) is 3.06.